The maximum absolute atomic E-state index is 13.1. The number of benzene rings is 2. The number of nitrogens with one attached hydrogen (secondary N) is 1. The summed E-state index contributed by atoms with van der Waals surface area (Å²) >= 11 is 12.4. The summed E-state index contributed by atoms with van der Waals surface area (Å²) in [6.07, 6.45) is -1.94. The minimum absolute atomic E-state index is 0.170. The molecule has 37 heavy (non-hydrogen) atoms. The summed E-state index contributed by atoms with van der Waals surface area (Å²) in [5.74, 6) is -0.540. The molecule has 0 bridgehead atoms. The molecule has 0 saturated carbocycles. The molecule has 202 valence electrons. The topological polar surface area (TPSA) is 92.3 Å². The summed E-state index contributed by atoms with van der Waals surface area (Å²) in [5, 5.41) is 3.98. The van der Waals surface area contributed by atoms with Crippen LogP contribution in [0.3, 0.4) is 0 Å². The van der Waals surface area contributed by atoms with E-state index >= 15 is 0 Å². The Morgan fingerprint density at radius 1 is 1.00 bits per heavy atom. The number of hydrogen-bond donors (Lipinski definition) is 1. The smallest absolute Gasteiger partial charge is 0.338 e. The van der Waals surface area contributed by atoms with Crippen LogP contribution in [0.1, 0.15) is 45.7 Å². The van der Waals surface area contributed by atoms with Crippen LogP contribution in [0.15, 0.2) is 42.5 Å². The lowest BCUT2D eigenvalue weighted by Gasteiger charge is -2.38. The molecule has 1 saturated heterocycles. The maximum Gasteiger partial charge on any atom is 0.338 e. The molecule has 8 nitrogen and oxygen atoms in total. The van der Waals surface area contributed by atoms with E-state index in [1.165, 1.54) is 0 Å². The van der Waals surface area contributed by atoms with Crippen molar-refractivity contribution in [2.24, 2.45) is 0 Å². The second-order valence-corrected chi connectivity index (χ2v) is 10.6. The number of halogens is 2. The summed E-state index contributed by atoms with van der Waals surface area (Å²) in [6, 6.07) is 12.7. The molecule has 2 aromatic rings. The molecule has 1 amide bonds. The van der Waals surface area contributed by atoms with Gasteiger partial charge in [0.25, 0.3) is 5.91 Å². The first-order valence-electron chi connectivity index (χ1n) is 12.0. The van der Waals surface area contributed by atoms with Crippen LogP contribution in [0.2, 0.25) is 10.0 Å². The molecule has 0 aliphatic carbocycles. The highest BCUT2D eigenvalue weighted by atomic mass is 35.5. The highest BCUT2D eigenvalue weighted by Gasteiger charge is 2.44. The predicted molar refractivity (Wildman–Crippen MR) is 140 cm³/mol. The van der Waals surface area contributed by atoms with Crippen LogP contribution in [0.5, 0.6) is 5.75 Å². The van der Waals surface area contributed by atoms with Crippen LogP contribution < -0.4 is 10.1 Å². The second-order valence-electron chi connectivity index (χ2n) is 9.79. The molecular weight excluding hydrogens is 521 g/mol. The average molecular weight is 554 g/mol. The fraction of sp³-hybridized carbons (Fsp3) is 0.481. The van der Waals surface area contributed by atoms with Gasteiger partial charge in [-0.2, -0.15) is 0 Å². The van der Waals surface area contributed by atoms with Gasteiger partial charge in [-0.05, 0) is 64.4 Å². The summed E-state index contributed by atoms with van der Waals surface area (Å²) in [7, 11) is 0. The van der Waals surface area contributed by atoms with Crippen molar-refractivity contribution in [2.75, 3.05) is 13.4 Å². The number of amides is 1. The molecule has 1 N–H and O–H groups in total. The zero-order chi connectivity index (χ0) is 27.2. The molecule has 2 aromatic carbocycles. The quantitative estimate of drug-likeness (QED) is 0.324. The SMILES string of the molecule is CCOC(=O)C1OCO[C@H]1C(=O)N[C@](C)(Cc1ccc(OCc2c(Cl)cccc2Cl)cc1)OC(C)(C)C. The first kappa shape index (κ1) is 29.2. The zero-order valence-electron chi connectivity index (χ0n) is 21.6. The van der Waals surface area contributed by atoms with Crippen LogP contribution in [-0.2, 0) is 41.6 Å². The van der Waals surface area contributed by atoms with Gasteiger partial charge in [-0.3, -0.25) is 4.79 Å². The monoisotopic (exact) mass is 553 g/mol. The molecular formula is C27H33Cl2NO7. The minimum Gasteiger partial charge on any atom is -0.489 e. The third-order valence-corrected chi connectivity index (χ3v) is 6.08. The van der Waals surface area contributed by atoms with Gasteiger partial charge in [0, 0.05) is 22.0 Å². The summed E-state index contributed by atoms with van der Waals surface area (Å²) in [5.41, 5.74) is -0.0930. The van der Waals surface area contributed by atoms with Crippen molar-refractivity contribution in [3.05, 3.63) is 63.6 Å². The van der Waals surface area contributed by atoms with Crippen LogP contribution >= 0.6 is 23.2 Å². The summed E-state index contributed by atoms with van der Waals surface area (Å²) < 4.78 is 27.8. The molecule has 1 heterocycles. The Morgan fingerprint density at radius 3 is 2.22 bits per heavy atom. The second kappa shape index (κ2) is 12.5. The van der Waals surface area contributed by atoms with E-state index in [9.17, 15) is 9.59 Å². The van der Waals surface area contributed by atoms with E-state index in [1.807, 2.05) is 45.0 Å². The number of esters is 1. The Labute approximate surface area is 227 Å². The standard InChI is InChI=1S/C27H33Cl2NO7/c1-6-33-25(32)23-22(35-16-36-23)24(31)30-27(5,37-26(2,3)4)14-17-10-12-18(13-11-17)34-15-19-20(28)8-7-9-21(19)29/h7-13,22-23H,6,14-16H2,1-5H3,(H,30,31)/t22-,23?,27+/m1/s1. The number of ether oxygens (including phenoxy) is 5. The third kappa shape index (κ3) is 8.32. The van der Waals surface area contributed by atoms with Gasteiger partial charge in [-0.25, -0.2) is 4.79 Å². The van der Waals surface area contributed by atoms with Gasteiger partial charge in [0.15, 0.2) is 12.2 Å². The fourth-order valence-corrected chi connectivity index (χ4v) is 4.53. The van der Waals surface area contributed by atoms with Gasteiger partial charge in [0.05, 0.1) is 12.2 Å². The van der Waals surface area contributed by atoms with E-state index < -0.39 is 35.4 Å². The molecule has 0 aromatic heterocycles. The van der Waals surface area contributed by atoms with E-state index in [0.29, 0.717) is 27.8 Å². The van der Waals surface area contributed by atoms with E-state index in [2.05, 4.69) is 5.32 Å². The lowest BCUT2D eigenvalue weighted by atomic mass is 10.0. The van der Waals surface area contributed by atoms with Crippen molar-refractivity contribution in [3.8, 4) is 5.75 Å². The van der Waals surface area contributed by atoms with Gasteiger partial charge in [-0.1, -0.05) is 41.4 Å². The van der Waals surface area contributed by atoms with Gasteiger partial charge in [0.1, 0.15) is 24.9 Å². The van der Waals surface area contributed by atoms with Crippen LogP contribution in [0, 0.1) is 0 Å². The first-order chi connectivity index (χ1) is 17.4. The largest absolute Gasteiger partial charge is 0.489 e. The lowest BCUT2D eigenvalue weighted by Crippen LogP contribution is -2.57. The predicted octanol–water partition coefficient (Wildman–Crippen LogP) is 5.07. The van der Waals surface area contributed by atoms with Gasteiger partial charge < -0.3 is 29.0 Å². The van der Waals surface area contributed by atoms with Gasteiger partial charge >= 0.3 is 5.97 Å². The molecule has 10 heteroatoms. The van der Waals surface area contributed by atoms with Crippen molar-refractivity contribution in [3.63, 3.8) is 0 Å². The normalized spacial score (nSPS) is 19.2. The average Bonchev–Trinajstić information content (AvgIpc) is 3.29. The summed E-state index contributed by atoms with van der Waals surface area (Å²) in [4.78, 5) is 25.3. The van der Waals surface area contributed by atoms with Crippen LogP contribution in [-0.4, -0.2) is 48.8 Å². The van der Waals surface area contributed by atoms with Crippen molar-refractivity contribution in [2.45, 2.75) is 71.2 Å². The molecule has 0 spiro atoms. The zero-order valence-corrected chi connectivity index (χ0v) is 23.2. The number of carbonyl (C=O) groups is 2. The first-order valence-corrected chi connectivity index (χ1v) is 12.7. The van der Waals surface area contributed by atoms with E-state index in [-0.39, 0.29) is 20.0 Å². The minimum atomic E-state index is -1.14. The van der Waals surface area contributed by atoms with Crippen LogP contribution in [0.25, 0.3) is 0 Å². The third-order valence-electron chi connectivity index (χ3n) is 5.38. The van der Waals surface area contributed by atoms with E-state index in [1.54, 1.807) is 32.0 Å². The molecule has 1 fully saturated rings. The Bertz CT molecular complexity index is 1070. The van der Waals surface area contributed by atoms with E-state index in [4.69, 9.17) is 46.9 Å². The Morgan fingerprint density at radius 2 is 1.62 bits per heavy atom. The number of hydrogen-bond acceptors (Lipinski definition) is 7. The number of carbonyl (C=O) groups excluding carboxylic acids is 2. The molecule has 0 radical (unpaired) electrons. The molecule has 3 rings (SSSR count). The molecule has 1 aliphatic heterocycles. The van der Waals surface area contributed by atoms with Crippen molar-refractivity contribution >= 4 is 35.1 Å². The van der Waals surface area contributed by atoms with Crippen molar-refractivity contribution in [1.29, 1.82) is 0 Å². The highest BCUT2D eigenvalue weighted by Crippen LogP contribution is 2.28. The number of rotatable bonds is 10. The maximum atomic E-state index is 13.1. The van der Waals surface area contributed by atoms with Gasteiger partial charge in [-0.15, -0.1) is 0 Å². The van der Waals surface area contributed by atoms with Crippen LogP contribution in [0.4, 0.5) is 0 Å². The lowest BCUT2D eigenvalue weighted by molar-refractivity contribution is -0.165. The molecule has 3 atom stereocenters. The summed E-state index contributed by atoms with van der Waals surface area (Å²) in [6.45, 7) is 9.35. The van der Waals surface area contributed by atoms with Crippen molar-refractivity contribution < 1.29 is 33.3 Å². The van der Waals surface area contributed by atoms with Gasteiger partial charge in [0.2, 0.25) is 0 Å². The Hall–Kier alpha value is -2.36. The Kier molecular flexibility index (Phi) is 9.83. The highest BCUT2D eigenvalue weighted by molar-refractivity contribution is 6.35. The molecule has 1 aliphatic rings. The fourth-order valence-electron chi connectivity index (χ4n) is 4.02. The Balaban J connectivity index is 1.70. The van der Waals surface area contributed by atoms with Crippen molar-refractivity contribution in [1.82, 2.24) is 5.32 Å². The van der Waals surface area contributed by atoms with E-state index in [0.717, 1.165) is 5.56 Å². The molecule has 1 unspecified atom stereocenters.